The second kappa shape index (κ2) is 6.44. The van der Waals surface area contributed by atoms with Gasteiger partial charge in [-0.15, -0.1) is 10.2 Å². The van der Waals surface area contributed by atoms with Crippen LogP contribution in [0.4, 0.5) is 0 Å². The lowest BCUT2D eigenvalue weighted by molar-refractivity contribution is 0.208. The molecule has 1 saturated heterocycles. The quantitative estimate of drug-likeness (QED) is 0.829. The molecule has 2 fully saturated rings. The summed E-state index contributed by atoms with van der Waals surface area (Å²) in [5.74, 6) is 3.03. The molecule has 1 aromatic heterocycles. The van der Waals surface area contributed by atoms with Crippen LogP contribution in [0.5, 0.6) is 0 Å². The molecule has 118 valence electrons. The van der Waals surface area contributed by atoms with Crippen molar-refractivity contribution in [1.82, 2.24) is 24.6 Å². The molecule has 0 unspecified atom stereocenters. The van der Waals surface area contributed by atoms with Gasteiger partial charge in [0.2, 0.25) is 0 Å². The van der Waals surface area contributed by atoms with E-state index in [1.54, 1.807) is 0 Å². The van der Waals surface area contributed by atoms with E-state index < -0.39 is 0 Å². The molecule has 0 amide bonds. The second-order valence-corrected chi connectivity index (χ2v) is 6.99. The van der Waals surface area contributed by atoms with Crippen molar-refractivity contribution >= 4 is 0 Å². The van der Waals surface area contributed by atoms with E-state index in [-0.39, 0.29) is 0 Å². The van der Waals surface area contributed by atoms with Gasteiger partial charge in [-0.1, -0.05) is 12.8 Å². The molecule has 1 aliphatic heterocycles. The van der Waals surface area contributed by atoms with Crippen LogP contribution in [0.15, 0.2) is 0 Å². The fourth-order valence-corrected chi connectivity index (χ4v) is 3.84. The zero-order valence-electron chi connectivity index (χ0n) is 13.8. The Bertz CT molecular complexity index is 463. The molecule has 1 aromatic rings. The summed E-state index contributed by atoms with van der Waals surface area (Å²) in [6.07, 6.45) is 7.10. The average Bonchev–Trinajstić information content (AvgIpc) is 3.18. The number of hydrogen-bond acceptors (Lipinski definition) is 4. The molecule has 0 N–H and O–H groups in total. The Hall–Kier alpha value is -0.940. The lowest BCUT2D eigenvalue weighted by atomic mass is 10.1. The molecule has 2 aliphatic rings. The van der Waals surface area contributed by atoms with Gasteiger partial charge in [0, 0.05) is 26.2 Å². The molecular weight excluding hydrogens is 262 g/mol. The van der Waals surface area contributed by atoms with Gasteiger partial charge in [-0.2, -0.15) is 0 Å². The minimum atomic E-state index is 0.670. The van der Waals surface area contributed by atoms with Crippen molar-refractivity contribution in [1.29, 1.82) is 0 Å². The summed E-state index contributed by atoms with van der Waals surface area (Å²) in [5, 5.41) is 8.44. The Morgan fingerprint density at radius 2 is 1.95 bits per heavy atom. The number of rotatable bonds is 5. The lowest BCUT2D eigenvalue weighted by Crippen LogP contribution is -2.35. The third-order valence-corrected chi connectivity index (χ3v) is 5.44. The smallest absolute Gasteiger partial charge is 0.146 e. The Morgan fingerprint density at radius 1 is 1.19 bits per heavy atom. The van der Waals surface area contributed by atoms with E-state index in [2.05, 4.69) is 38.7 Å². The number of likely N-dealkylation sites (N-methyl/N-ethyl adjacent to an activating group) is 1. The van der Waals surface area contributed by atoms with Crippen LogP contribution in [0, 0.1) is 12.8 Å². The van der Waals surface area contributed by atoms with Crippen molar-refractivity contribution in [3.63, 3.8) is 0 Å². The molecule has 0 spiro atoms. The van der Waals surface area contributed by atoms with E-state index in [1.807, 2.05) is 6.92 Å². The van der Waals surface area contributed by atoms with Crippen molar-refractivity contribution in [3.05, 3.63) is 11.6 Å². The van der Waals surface area contributed by atoms with E-state index in [9.17, 15) is 0 Å². The van der Waals surface area contributed by atoms with Gasteiger partial charge in [-0.25, -0.2) is 0 Å². The van der Waals surface area contributed by atoms with Crippen LogP contribution in [0.1, 0.15) is 43.8 Å². The number of likely N-dealkylation sites (tertiary alicyclic amines) is 1. The van der Waals surface area contributed by atoms with Crippen molar-refractivity contribution in [3.8, 4) is 0 Å². The molecule has 1 saturated carbocycles. The third-order valence-electron chi connectivity index (χ3n) is 5.44. The Kier molecular flexibility index (Phi) is 4.60. The highest BCUT2D eigenvalue weighted by Crippen LogP contribution is 2.27. The largest absolute Gasteiger partial charge is 0.317 e. The molecule has 1 aliphatic carbocycles. The van der Waals surface area contributed by atoms with Crippen LogP contribution in [-0.2, 0) is 13.6 Å². The second-order valence-electron chi connectivity index (χ2n) is 6.99. The molecule has 1 atom stereocenters. The normalized spacial score (nSPS) is 24.5. The molecule has 0 bridgehead atoms. The topological polar surface area (TPSA) is 37.2 Å². The van der Waals surface area contributed by atoms with Crippen molar-refractivity contribution in [2.45, 2.75) is 51.6 Å². The molecule has 0 aromatic carbocycles. The average molecular weight is 291 g/mol. The number of hydrogen-bond donors (Lipinski definition) is 0. The molecule has 21 heavy (non-hydrogen) atoms. The van der Waals surface area contributed by atoms with Crippen LogP contribution >= 0.6 is 0 Å². The predicted octanol–water partition coefficient (Wildman–Crippen LogP) is 1.82. The van der Waals surface area contributed by atoms with Gasteiger partial charge >= 0.3 is 0 Å². The van der Waals surface area contributed by atoms with Crippen molar-refractivity contribution in [2.75, 3.05) is 26.7 Å². The summed E-state index contributed by atoms with van der Waals surface area (Å²) in [7, 11) is 4.29. The molecule has 0 radical (unpaired) electrons. The van der Waals surface area contributed by atoms with Crippen LogP contribution in [-0.4, -0.2) is 57.3 Å². The zero-order valence-corrected chi connectivity index (χ0v) is 13.8. The molecule has 2 heterocycles. The first-order valence-corrected chi connectivity index (χ1v) is 8.41. The van der Waals surface area contributed by atoms with Crippen molar-refractivity contribution in [2.24, 2.45) is 13.0 Å². The van der Waals surface area contributed by atoms with Crippen LogP contribution in [0.2, 0.25) is 0 Å². The summed E-state index contributed by atoms with van der Waals surface area (Å²) in [6, 6.07) is 0.670. The van der Waals surface area contributed by atoms with E-state index in [0.29, 0.717) is 6.04 Å². The number of nitrogens with zero attached hydrogens (tertiary/aromatic N) is 5. The zero-order chi connectivity index (χ0) is 14.8. The molecule has 3 rings (SSSR count). The standard InChI is InChI=1S/C16H29N5/c1-13-17-18-16(20(13)3)12-19(2)15-8-9-21(11-15)10-14-6-4-5-7-14/h14-15H,4-12H2,1-3H3/t15-/m1/s1. The highest BCUT2D eigenvalue weighted by molar-refractivity contribution is 4.94. The van der Waals surface area contributed by atoms with E-state index >= 15 is 0 Å². The van der Waals surface area contributed by atoms with E-state index in [1.165, 1.54) is 51.7 Å². The first-order chi connectivity index (χ1) is 10.1. The summed E-state index contributed by atoms with van der Waals surface area (Å²) in [5.41, 5.74) is 0. The van der Waals surface area contributed by atoms with Gasteiger partial charge in [-0.05, 0) is 45.7 Å². The Morgan fingerprint density at radius 3 is 2.62 bits per heavy atom. The molecule has 5 heteroatoms. The van der Waals surface area contributed by atoms with Gasteiger partial charge < -0.3 is 9.47 Å². The summed E-state index contributed by atoms with van der Waals surface area (Å²) in [4.78, 5) is 5.14. The fourth-order valence-electron chi connectivity index (χ4n) is 3.84. The van der Waals surface area contributed by atoms with Gasteiger partial charge in [0.05, 0.1) is 6.54 Å². The SMILES string of the molecule is Cc1nnc(CN(C)[C@@H]2CCN(CC3CCCC3)C2)n1C. The Labute approximate surface area is 128 Å². The number of aromatic nitrogens is 3. The third kappa shape index (κ3) is 3.46. The maximum atomic E-state index is 4.29. The van der Waals surface area contributed by atoms with Crippen LogP contribution < -0.4 is 0 Å². The number of aryl methyl sites for hydroxylation is 1. The van der Waals surface area contributed by atoms with Crippen LogP contribution in [0.25, 0.3) is 0 Å². The van der Waals surface area contributed by atoms with Crippen molar-refractivity contribution < 1.29 is 0 Å². The fraction of sp³-hybridized carbons (Fsp3) is 0.875. The summed E-state index contributed by atoms with van der Waals surface area (Å²) in [6.45, 7) is 6.73. The lowest BCUT2D eigenvalue weighted by Gasteiger charge is -2.25. The maximum Gasteiger partial charge on any atom is 0.146 e. The highest BCUT2D eigenvalue weighted by Gasteiger charge is 2.28. The van der Waals surface area contributed by atoms with Gasteiger partial charge in [0.15, 0.2) is 0 Å². The first-order valence-electron chi connectivity index (χ1n) is 8.41. The van der Waals surface area contributed by atoms with Gasteiger partial charge in [-0.3, -0.25) is 4.90 Å². The van der Waals surface area contributed by atoms with E-state index in [0.717, 1.165) is 24.1 Å². The minimum Gasteiger partial charge on any atom is -0.317 e. The molecule has 5 nitrogen and oxygen atoms in total. The predicted molar refractivity (Wildman–Crippen MR) is 84.0 cm³/mol. The Balaban J connectivity index is 1.49. The molecular formula is C16H29N5. The minimum absolute atomic E-state index is 0.670. The van der Waals surface area contributed by atoms with Crippen LogP contribution in [0.3, 0.4) is 0 Å². The monoisotopic (exact) mass is 291 g/mol. The summed E-state index contributed by atoms with van der Waals surface area (Å²) < 4.78 is 2.10. The highest BCUT2D eigenvalue weighted by atomic mass is 15.3. The van der Waals surface area contributed by atoms with Gasteiger partial charge in [0.1, 0.15) is 11.6 Å². The summed E-state index contributed by atoms with van der Waals surface area (Å²) >= 11 is 0. The van der Waals surface area contributed by atoms with E-state index in [4.69, 9.17) is 0 Å². The first kappa shape index (κ1) is 15.0. The van der Waals surface area contributed by atoms with Gasteiger partial charge in [0.25, 0.3) is 0 Å². The maximum absolute atomic E-state index is 4.29.